The standard InChI is InChI=1S/C19H16O3/c1-21-18-12-14-8-4-3-7-13(14)11-17(18)15-9-5-6-10-16(15)19(20)22-2/h3-12H,1-2H3. The van der Waals surface area contributed by atoms with Gasteiger partial charge in [-0.05, 0) is 34.5 Å². The van der Waals surface area contributed by atoms with E-state index in [0.29, 0.717) is 5.56 Å². The zero-order valence-electron chi connectivity index (χ0n) is 12.5. The van der Waals surface area contributed by atoms with Gasteiger partial charge in [0.05, 0.1) is 19.8 Å². The van der Waals surface area contributed by atoms with E-state index in [1.807, 2.05) is 54.6 Å². The molecule has 0 spiro atoms. The van der Waals surface area contributed by atoms with Gasteiger partial charge in [-0.2, -0.15) is 0 Å². The van der Waals surface area contributed by atoms with Crippen LogP contribution in [-0.2, 0) is 4.74 Å². The van der Waals surface area contributed by atoms with E-state index in [2.05, 4.69) is 0 Å². The molecule has 3 aromatic rings. The van der Waals surface area contributed by atoms with E-state index in [0.717, 1.165) is 27.6 Å². The number of ether oxygens (including phenoxy) is 2. The van der Waals surface area contributed by atoms with Gasteiger partial charge in [0.15, 0.2) is 0 Å². The number of methoxy groups -OCH3 is 2. The monoisotopic (exact) mass is 292 g/mol. The molecule has 3 nitrogen and oxygen atoms in total. The van der Waals surface area contributed by atoms with Crippen LogP contribution < -0.4 is 4.74 Å². The van der Waals surface area contributed by atoms with Gasteiger partial charge in [0, 0.05) is 5.56 Å². The fraction of sp³-hybridized carbons (Fsp3) is 0.105. The van der Waals surface area contributed by atoms with E-state index >= 15 is 0 Å². The highest BCUT2D eigenvalue weighted by molar-refractivity contribution is 6.00. The van der Waals surface area contributed by atoms with Gasteiger partial charge in [-0.3, -0.25) is 0 Å². The molecule has 3 rings (SSSR count). The second kappa shape index (κ2) is 5.90. The first-order valence-electron chi connectivity index (χ1n) is 6.99. The van der Waals surface area contributed by atoms with Gasteiger partial charge in [0.25, 0.3) is 0 Å². The summed E-state index contributed by atoms with van der Waals surface area (Å²) in [4.78, 5) is 12.0. The van der Waals surface area contributed by atoms with Gasteiger partial charge in [-0.15, -0.1) is 0 Å². The van der Waals surface area contributed by atoms with E-state index < -0.39 is 0 Å². The zero-order chi connectivity index (χ0) is 15.5. The predicted molar refractivity (Wildman–Crippen MR) is 87.3 cm³/mol. The Morgan fingerprint density at radius 3 is 2.14 bits per heavy atom. The SMILES string of the molecule is COC(=O)c1ccccc1-c1cc2ccccc2cc1OC. The highest BCUT2D eigenvalue weighted by Crippen LogP contribution is 2.36. The molecule has 0 radical (unpaired) electrons. The van der Waals surface area contributed by atoms with Gasteiger partial charge < -0.3 is 9.47 Å². The van der Waals surface area contributed by atoms with E-state index in [1.165, 1.54) is 7.11 Å². The molecule has 0 unspecified atom stereocenters. The third kappa shape index (κ3) is 2.42. The predicted octanol–water partition coefficient (Wildman–Crippen LogP) is 4.30. The molecule has 0 aliphatic heterocycles. The minimum Gasteiger partial charge on any atom is -0.496 e. The van der Waals surface area contributed by atoms with Crippen molar-refractivity contribution in [1.82, 2.24) is 0 Å². The van der Waals surface area contributed by atoms with Crippen LogP contribution in [0.2, 0.25) is 0 Å². The van der Waals surface area contributed by atoms with Gasteiger partial charge in [-0.1, -0.05) is 42.5 Å². The molecule has 0 N–H and O–H groups in total. The highest BCUT2D eigenvalue weighted by atomic mass is 16.5. The Kier molecular flexibility index (Phi) is 3.79. The van der Waals surface area contributed by atoms with Crippen LogP contribution in [0.15, 0.2) is 60.7 Å². The number of fused-ring (bicyclic) bond motifs is 1. The molecule has 0 amide bonds. The Labute approximate surface area is 129 Å². The van der Waals surface area contributed by atoms with Crippen LogP contribution in [0.25, 0.3) is 21.9 Å². The van der Waals surface area contributed by atoms with Crippen molar-refractivity contribution < 1.29 is 14.3 Å². The van der Waals surface area contributed by atoms with E-state index in [1.54, 1.807) is 13.2 Å². The van der Waals surface area contributed by atoms with E-state index in [9.17, 15) is 4.79 Å². The number of carbonyl (C=O) groups excluding carboxylic acids is 1. The minimum atomic E-state index is -0.356. The highest BCUT2D eigenvalue weighted by Gasteiger charge is 2.16. The van der Waals surface area contributed by atoms with Gasteiger partial charge in [0.1, 0.15) is 5.75 Å². The number of rotatable bonds is 3. The molecule has 0 aromatic heterocycles. The molecule has 3 aromatic carbocycles. The number of hydrogen-bond acceptors (Lipinski definition) is 3. The Balaban J connectivity index is 2.28. The first kappa shape index (κ1) is 14.1. The third-order valence-electron chi connectivity index (χ3n) is 3.69. The van der Waals surface area contributed by atoms with Crippen molar-refractivity contribution in [3.05, 3.63) is 66.2 Å². The van der Waals surface area contributed by atoms with Crippen molar-refractivity contribution in [2.75, 3.05) is 14.2 Å². The maximum Gasteiger partial charge on any atom is 0.338 e. The lowest BCUT2D eigenvalue weighted by molar-refractivity contribution is 0.0601. The Morgan fingerprint density at radius 2 is 1.45 bits per heavy atom. The molecule has 0 saturated carbocycles. The van der Waals surface area contributed by atoms with Crippen LogP contribution >= 0.6 is 0 Å². The molecule has 0 bridgehead atoms. The second-order valence-corrected chi connectivity index (χ2v) is 4.94. The molecule has 0 saturated heterocycles. The lowest BCUT2D eigenvalue weighted by Gasteiger charge is -2.13. The van der Waals surface area contributed by atoms with Crippen LogP contribution in [0.3, 0.4) is 0 Å². The molecule has 0 fully saturated rings. The van der Waals surface area contributed by atoms with Crippen LogP contribution in [0.4, 0.5) is 0 Å². The largest absolute Gasteiger partial charge is 0.496 e. The Bertz CT molecular complexity index is 837. The van der Waals surface area contributed by atoms with Crippen LogP contribution in [-0.4, -0.2) is 20.2 Å². The van der Waals surface area contributed by atoms with Crippen molar-refractivity contribution in [1.29, 1.82) is 0 Å². The molecule has 0 aliphatic carbocycles. The van der Waals surface area contributed by atoms with Crippen molar-refractivity contribution in [2.24, 2.45) is 0 Å². The summed E-state index contributed by atoms with van der Waals surface area (Å²) in [6.45, 7) is 0. The minimum absolute atomic E-state index is 0.356. The van der Waals surface area contributed by atoms with E-state index in [4.69, 9.17) is 9.47 Å². The average molecular weight is 292 g/mol. The first-order chi connectivity index (χ1) is 10.7. The number of hydrogen-bond donors (Lipinski definition) is 0. The Morgan fingerprint density at radius 1 is 0.818 bits per heavy atom. The van der Waals surface area contributed by atoms with Crippen molar-refractivity contribution >= 4 is 16.7 Å². The fourth-order valence-corrected chi connectivity index (χ4v) is 2.60. The second-order valence-electron chi connectivity index (χ2n) is 4.94. The topological polar surface area (TPSA) is 35.5 Å². The molecule has 0 aliphatic rings. The summed E-state index contributed by atoms with van der Waals surface area (Å²) in [7, 11) is 3.02. The average Bonchev–Trinajstić information content (AvgIpc) is 2.59. The maximum absolute atomic E-state index is 12.0. The summed E-state index contributed by atoms with van der Waals surface area (Å²) in [5.74, 6) is 0.376. The first-order valence-corrected chi connectivity index (χ1v) is 6.99. The summed E-state index contributed by atoms with van der Waals surface area (Å²) in [5, 5.41) is 2.19. The maximum atomic E-state index is 12.0. The quantitative estimate of drug-likeness (QED) is 0.675. The number of carbonyl (C=O) groups is 1. The summed E-state index contributed by atoms with van der Waals surface area (Å²) in [5.41, 5.74) is 2.21. The van der Waals surface area contributed by atoms with Crippen LogP contribution in [0.1, 0.15) is 10.4 Å². The number of benzene rings is 3. The van der Waals surface area contributed by atoms with Gasteiger partial charge in [0.2, 0.25) is 0 Å². The fourth-order valence-electron chi connectivity index (χ4n) is 2.60. The molecular formula is C19H16O3. The Hall–Kier alpha value is -2.81. The van der Waals surface area contributed by atoms with Gasteiger partial charge in [-0.25, -0.2) is 4.79 Å². The summed E-state index contributed by atoms with van der Waals surface area (Å²) >= 11 is 0. The third-order valence-corrected chi connectivity index (χ3v) is 3.69. The van der Waals surface area contributed by atoms with Crippen LogP contribution in [0, 0.1) is 0 Å². The molecule has 0 atom stereocenters. The van der Waals surface area contributed by atoms with Crippen molar-refractivity contribution in [3.8, 4) is 16.9 Å². The summed E-state index contributed by atoms with van der Waals surface area (Å²) in [6, 6.07) is 19.5. The van der Waals surface area contributed by atoms with E-state index in [-0.39, 0.29) is 5.97 Å². The molecule has 3 heteroatoms. The molecule has 110 valence electrons. The molecular weight excluding hydrogens is 276 g/mol. The lowest BCUT2D eigenvalue weighted by atomic mass is 9.96. The number of esters is 1. The molecule has 22 heavy (non-hydrogen) atoms. The summed E-state index contributed by atoms with van der Waals surface area (Å²) < 4.78 is 10.4. The molecule has 0 heterocycles. The normalized spacial score (nSPS) is 10.5. The van der Waals surface area contributed by atoms with Crippen LogP contribution in [0.5, 0.6) is 5.75 Å². The van der Waals surface area contributed by atoms with Crippen molar-refractivity contribution in [2.45, 2.75) is 0 Å². The van der Waals surface area contributed by atoms with Crippen molar-refractivity contribution in [3.63, 3.8) is 0 Å². The summed E-state index contributed by atoms with van der Waals surface area (Å²) in [6.07, 6.45) is 0. The van der Waals surface area contributed by atoms with Gasteiger partial charge >= 0.3 is 5.97 Å². The zero-order valence-corrected chi connectivity index (χ0v) is 12.5. The smallest absolute Gasteiger partial charge is 0.338 e. The lowest BCUT2D eigenvalue weighted by Crippen LogP contribution is -2.03.